The molecule has 1 aromatic heterocycles. The van der Waals surface area contributed by atoms with E-state index in [9.17, 15) is 18.0 Å². The lowest BCUT2D eigenvalue weighted by Gasteiger charge is -2.26. The summed E-state index contributed by atoms with van der Waals surface area (Å²) in [4.78, 5) is 19.5. The molecule has 1 aliphatic carbocycles. The van der Waals surface area contributed by atoms with E-state index in [2.05, 4.69) is 15.3 Å². The van der Waals surface area contributed by atoms with Crippen LogP contribution in [0.25, 0.3) is 0 Å². The Morgan fingerprint density at radius 1 is 1.38 bits per heavy atom. The van der Waals surface area contributed by atoms with Crippen molar-refractivity contribution in [2.45, 2.75) is 44.8 Å². The molecule has 1 aliphatic rings. The number of hydrogen-bond donors (Lipinski definition) is 2. The van der Waals surface area contributed by atoms with Crippen LogP contribution in [0.2, 0.25) is 0 Å². The van der Waals surface area contributed by atoms with Crippen molar-refractivity contribution >= 4 is 11.8 Å². The third kappa shape index (κ3) is 4.30. The van der Waals surface area contributed by atoms with Crippen molar-refractivity contribution in [1.82, 2.24) is 15.3 Å². The molecule has 21 heavy (non-hydrogen) atoms. The molecule has 0 aromatic carbocycles. The summed E-state index contributed by atoms with van der Waals surface area (Å²) in [5.74, 6) is 0.0474. The van der Waals surface area contributed by atoms with Crippen LogP contribution in [-0.4, -0.2) is 28.2 Å². The third-order valence-electron chi connectivity index (χ3n) is 3.53. The minimum Gasteiger partial charge on any atom is -0.326 e. The Kier molecular flexibility index (Phi) is 4.64. The second kappa shape index (κ2) is 6.28. The zero-order valence-electron chi connectivity index (χ0n) is 11.6. The van der Waals surface area contributed by atoms with Crippen LogP contribution in [0.5, 0.6) is 0 Å². The molecule has 0 saturated heterocycles. The molecule has 0 aliphatic heterocycles. The first-order valence-corrected chi connectivity index (χ1v) is 6.80. The first kappa shape index (κ1) is 15.5. The highest BCUT2D eigenvalue weighted by Crippen LogP contribution is 2.35. The number of amides is 2. The van der Waals surface area contributed by atoms with Crippen LogP contribution in [0, 0.1) is 12.8 Å². The van der Waals surface area contributed by atoms with Crippen molar-refractivity contribution in [3.63, 3.8) is 0 Å². The first-order valence-electron chi connectivity index (χ1n) is 6.80. The molecule has 1 saturated carbocycles. The Morgan fingerprint density at radius 2 is 2.05 bits per heavy atom. The first-order chi connectivity index (χ1) is 9.86. The smallest absolute Gasteiger partial charge is 0.326 e. The lowest BCUT2D eigenvalue weighted by Crippen LogP contribution is -2.50. The fraction of sp³-hybridized carbons (Fsp3) is 0.615. The Labute approximate surface area is 120 Å². The van der Waals surface area contributed by atoms with Gasteiger partial charge in [-0.15, -0.1) is 0 Å². The highest BCUT2D eigenvalue weighted by atomic mass is 19.4. The van der Waals surface area contributed by atoms with Gasteiger partial charge in [0.1, 0.15) is 17.7 Å². The van der Waals surface area contributed by atoms with Gasteiger partial charge in [-0.2, -0.15) is 13.2 Å². The lowest BCUT2D eigenvalue weighted by molar-refractivity contribution is -0.164. The molecule has 8 heteroatoms. The zero-order valence-corrected chi connectivity index (χ0v) is 11.6. The summed E-state index contributed by atoms with van der Waals surface area (Å²) in [6.45, 7) is 1.63. The summed E-state index contributed by atoms with van der Waals surface area (Å²) >= 11 is 0. The van der Waals surface area contributed by atoms with E-state index in [1.165, 1.54) is 12.3 Å². The quantitative estimate of drug-likeness (QED) is 0.902. The van der Waals surface area contributed by atoms with Crippen molar-refractivity contribution in [1.29, 1.82) is 0 Å². The van der Waals surface area contributed by atoms with E-state index in [1.807, 2.05) is 5.32 Å². The van der Waals surface area contributed by atoms with Crippen molar-refractivity contribution in [2.24, 2.45) is 5.92 Å². The van der Waals surface area contributed by atoms with Crippen molar-refractivity contribution < 1.29 is 18.0 Å². The summed E-state index contributed by atoms with van der Waals surface area (Å²) in [6, 6.07) is -1.30. The van der Waals surface area contributed by atoms with Gasteiger partial charge >= 0.3 is 12.2 Å². The molecule has 1 atom stereocenters. The SMILES string of the molecule is Cc1nccc(NC(=O)NC(C2CCCC2)C(F)(F)F)n1. The number of anilines is 1. The minimum absolute atomic E-state index is 0.173. The Bertz CT molecular complexity index is 500. The molecule has 2 N–H and O–H groups in total. The number of alkyl halides is 3. The van der Waals surface area contributed by atoms with E-state index in [-0.39, 0.29) is 5.82 Å². The predicted octanol–water partition coefficient (Wildman–Crippen LogP) is 3.03. The summed E-state index contributed by atoms with van der Waals surface area (Å²) in [5, 5.41) is 4.34. The second-order valence-corrected chi connectivity index (χ2v) is 5.15. The number of rotatable bonds is 3. The zero-order chi connectivity index (χ0) is 15.5. The molecule has 0 spiro atoms. The van der Waals surface area contributed by atoms with Gasteiger partial charge in [-0.05, 0) is 31.7 Å². The van der Waals surface area contributed by atoms with Gasteiger partial charge in [0, 0.05) is 6.20 Å². The third-order valence-corrected chi connectivity index (χ3v) is 3.53. The van der Waals surface area contributed by atoms with Gasteiger partial charge in [-0.3, -0.25) is 5.32 Å². The average Bonchev–Trinajstić information content (AvgIpc) is 2.88. The van der Waals surface area contributed by atoms with Crippen LogP contribution in [-0.2, 0) is 0 Å². The largest absolute Gasteiger partial charge is 0.408 e. The molecule has 2 amide bonds. The number of nitrogens with zero attached hydrogens (tertiary/aromatic N) is 2. The molecule has 2 rings (SSSR count). The van der Waals surface area contributed by atoms with Crippen LogP contribution in [0.1, 0.15) is 31.5 Å². The maximum atomic E-state index is 13.1. The molecule has 1 heterocycles. The van der Waals surface area contributed by atoms with E-state index in [1.54, 1.807) is 6.92 Å². The van der Waals surface area contributed by atoms with E-state index in [0.717, 1.165) is 12.8 Å². The van der Waals surface area contributed by atoms with Crippen LogP contribution in [0.4, 0.5) is 23.8 Å². The van der Waals surface area contributed by atoms with Gasteiger partial charge in [0.25, 0.3) is 0 Å². The molecule has 5 nitrogen and oxygen atoms in total. The molecule has 1 unspecified atom stereocenters. The van der Waals surface area contributed by atoms with E-state index < -0.39 is 24.2 Å². The normalized spacial score (nSPS) is 17.5. The summed E-state index contributed by atoms with van der Waals surface area (Å²) in [6.07, 6.45) is -0.518. The number of carbonyl (C=O) groups excluding carboxylic acids is 1. The van der Waals surface area contributed by atoms with Gasteiger partial charge in [-0.25, -0.2) is 14.8 Å². The number of nitrogens with one attached hydrogen (secondary N) is 2. The van der Waals surface area contributed by atoms with Gasteiger partial charge in [0.15, 0.2) is 0 Å². The standard InChI is InChI=1S/C13H17F3N4O/c1-8-17-7-6-10(18-8)19-12(21)20-11(13(14,15)16)9-4-2-3-5-9/h6-7,9,11H,2-5H2,1H3,(H2,17,18,19,20,21). The van der Waals surface area contributed by atoms with E-state index in [4.69, 9.17) is 0 Å². The monoisotopic (exact) mass is 302 g/mol. The number of urea groups is 1. The van der Waals surface area contributed by atoms with Crippen LogP contribution in [0.3, 0.4) is 0 Å². The molecule has 0 radical (unpaired) electrons. The molecular formula is C13H17F3N4O. The van der Waals surface area contributed by atoms with Crippen molar-refractivity contribution in [3.8, 4) is 0 Å². The fourth-order valence-corrected chi connectivity index (χ4v) is 2.58. The molecule has 1 aromatic rings. The van der Waals surface area contributed by atoms with E-state index >= 15 is 0 Å². The minimum atomic E-state index is -4.45. The highest BCUT2D eigenvalue weighted by molar-refractivity contribution is 5.88. The molecule has 1 fully saturated rings. The Balaban J connectivity index is 2.01. The number of halogens is 3. The van der Waals surface area contributed by atoms with E-state index in [0.29, 0.717) is 18.7 Å². The Morgan fingerprint density at radius 3 is 2.62 bits per heavy atom. The van der Waals surface area contributed by atoms with Crippen LogP contribution < -0.4 is 10.6 Å². The molecule has 0 bridgehead atoms. The number of carbonyl (C=O) groups is 1. The second-order valence-electron chi connectivity index (χ2n) is 5.15. The molecular weight excluding hydrogens is 285 g/mol. The topological polar surface area (TPSA) is 66.9 Å². The Hall–Kier alpha value is -1.86. The lowest BCUT2D eigenvalue weighted by atomic mass is 9.98. The van der Waals surface area contributed by atoms with Gasteiger partial charge < -0.3 is 5.32 Å². The summed E-state index contributed by atoms with van der Waals surface area (Å²) < 4.78 is 39.2. The van der Waals surface area contributed by atoms with Gasteiger partial charge in [-0.1, -0.05) is 12.8 Å². The van der Waals surface area contributed by atoms with Crippen molar-refractivity contribution in [3.05, 3.63) is 18.1 Å². The fourth-order valence-electron chi connectivity index (χ4n) is 2.58. The maximum absolute atomic E-state index is 13.1. The predicted molar refractivity (Wildman–Crippen MR) is 70.7 cm³/mol. The summed E-state index contributed by atoms with van der Waals surface area (Å²) in [7, 11) is 0. The maximum Gasteiger partial charge on any atom is 0.408 e. The number of hydrogen-bond acceptors (Lipinski definition) is 3. The van der Waals surface area contributed by atoms with Crippen molar-refractivity contribution in [2.75, 3.05) is 5.32 Å². The molecule has 116 valence electrons. The summed E-state index contributed by atoms with van der Waals surface area (Å²) in [5.41, 5.74) is 0. The number of aromatic nitrogens is 2. The highest BCUT2D eigenvalue weighted by Gasteiger charge is 2.46. The van der Waals surface area contributed by atoms with Gasteiger partial charge in [0.05, 0.1) is 0 Å². The van der Waals surface area contributed by atoms with Crippen LogP contribution >= 0.6 is 0 Å². The average molecular weight is 302 g/mol. The van der Waals surface area contributed by atoms with Gasteiger partial charge in [0.2, 0.25) is 0 Å². The van der Waals surface area contributed by atoms with Crippen LogP contribution in [0.15, 0.2) is 12.3 Å². The number of aryl methyl sites for hydroxylation is 1.